The van der Waals surface area contributed by atoms with Crippen LogP contribution < -0.4 is 5.32 Å². The van der Waals surface area contributed by atoms with E-state index in [0.717, 1.165) is 52.0 Å². The Balaban J connectivity index is 1.87. The lowest BCUT2D eigenvalue weighted by Crippen LogP contribution is -2.59. The maximum atomic E-state index is 12.5. The van der Waals surface area contributed by atoms with Crippen molar-refractivity contribution in [1.82, 2.24) is 15.1 Å². The molecule has 0 aromatic carbocycles. The van der Waals surface area contributed by atoms with Crippen molar-refractivity contribution >= 4 is 5.91 Å². The number of carbonyl (C=O) groups excluding carboxylic acids is 1. The summed E-state index contributed by atoms with van der Waals surface area (Å²) in [6.45, 7) is 8.61. The topological polar surface area (TPSA) is 55.8 Å². The van der Waals surface area contributed by atoms with Crippen LogP contribution in [0.5, 0.6) is 0 Å². The van der Waals surface area contributed by atoms with E-state index in [9.17, 15) is 9.90 Å². The molecule has 0 saturated carbocycles. The molecule has 2 unspecified atom stereocenters. The molecule has 2 atom stereocenters. The predicted octanol–water partition coefficient (Wildman–Crippen LogP) is 0.0436. The Morgan fingerprint density at radius 3 is 2.53 bits per heavy atom. The van der Waals surface area contributed by atoms with Gasteiger partial charge in [0.05, 0.1) is 12.1 Å². The first-order valence-electron chi connectivity index (χ1n) is 7.50. The summed E-state index contributed by atoms with van der Waals surface area (Å²) in [6, 6.07) is 0.248. The molecule has 0 aliphatic carbocycles. The quantitative estimate of drug-likeness (QED) is 0.757. The molecule has 5 heteroatoms. The molecule has 0 spiro atoms. The van der Waals surface area contributed by atoms with Crippen LogP contribution in [0.25, 0.3) is 0 Å². The number of amides is 1. The number of nitrogens with zero attached hydrogens (tertiary/aromatic N) is 2. The van der Waals surface area contributed by atoms with E-state index in [-0.39, 0.29) is 24.1 Å². The molecule has 2 saturated heterocycles. The minimum absolute atomic E-state index is 0.212. The minimum atomic E-state index is -0.344. The van der Waals surface area contributed by atoms with Crippen molar-refractivity contribution in [2.75, 3.05) is 39.3 Å². The van der Waals surface area contributed by atoms with Crippen LogP contribution in [0, 0.1) is 0 Å². The van der Waals surface area contributed by atoms with Crippen molar-refractivity contribution in [2.24, 2.45) is 0 Å². The molecule has 2 aliphatic rings. The Morgan fingerprint density at radius 2 is 2.05 bits per heavy atom. The van der Waals surface area contributed by atoms with Gasteiger partial charge in [0.15, 0.2) is 0 Å². The van der Waals surface area contributed by atoms with Crippen LogP contribution in [-0.2, 0) is 4.79 Å². The highest BCUT2D eigenvalue weighted by molar-refractivity contribution is 5.86. The van der Waals surface area contributed by atoms with Gasteiger partial charge >= 0.3 is 0 Å². The number of aliphatic hydroxyl groups is 1. The van der Waals surface area contributed by atoms with Gasteiger partial charge in [-0.1, -0.05) is 6.92 Å². The van der Waals surface area contributed by atoms with Crippen LogP contribution in [0.3, 0.4) is 0 Å². The van der Waals surface area contributed by atoms with Crippen LogP contribution in [0.15, 0.2) is 0 Å². The van der Waals surface area contributed by atoms with Gasteiger partial charge in [-0.25, -0.2) is 0 Å². The van der Waals surface area contributed by atoms with Gasteiger partial charge < -0.3 is 15.3 Å². The maximum absolute atomic E-state index is 12.5. The SMILES string of the molecule is CCC(CO)N1CCN(C(=O)C2(C)CCCN2)CC1. The maximum Gasteiger partial charge on any atom is 0.242 e. The molecule has 1 amide bonds. The number of aliphatic hydroxyl groups excluding tert-OH is 1. The Hall–Kier alpha value is -0.650. The highest BCUT2D eigenvalue weighted by Gasteiger charge is 2.39. The first-order chi connectivity index (χ1) is 9.10. The summed E-state index contributed by atoms with van der Waals surface area (Å²) in [5, 5.41) is 12.7. The monoisotopic (exact) mass is 269 g/mol. The molecule has 110 valence electrons. The van der Waals surface area contributed by atoms with Crippen LogP contribution >= 0.6 is 0 Å². The molecule has 2 fully saturated rings. The van der Waals surface area contributed by atoms with Crippen LogP contribution in [0.2, 0.25) is 0 Å². The second-order valence-electron chi connectivity index (χ2n) is 5.94. The average molecular weight is 269 g/mol. The third-order valence-electron chi connectivity index (χ3n) is 4.64. The summed E-state index contributed by atoms with van der Waals surface area (Å²) in [5.74, 6) is 0.252. The van der Waals surface area contributed by atoms with Crippen molar-refractivity contribution in [2.45, 2.75) is 44.7 Å². The van der Waals surface area contributed by atoms with Crippen molar-refractivity contribution in [1.29, 1.82) is 0 Å². The van der Waals surface area contributed by atoms with Gasteiger partial charge in [0.1, 0.15) is 0 Å². The van der Waals surface area contributed by atoms with Crippen molar-refractivity contribution < 1.29 is 9.90 Å². The van der Waals surface area contributed by atoms with Crippen LogP contribution in [-0.4, -0.2) is 71.7 Å². The van der Waals surface area contributed by atoms with Gasteiger partial charge in [0.2, 0.25) is 5.91 Å². The predicted molar refractivity (Wildman–Crippen MR) is 75.0 cm³/mol. The van der Waals surface area contributed by atoms with Gasteiger partial charge in [0, 0.05) is 32.2 Å². The highest BCUT2D eigenvalue weighted by atomic mass is 16.3. The molecule has 2 N–H and O–H groups in total. The molecule has 2 aliphatic heterocycles. The Bertz CT molecular complexity index is 304. The third-order valence-corrected chi connectivity index (χ3v) is 4.64. The molecule has 2 heterocycles. The standard InChI is InChI=1S/C14H27N3O2/c1-3-12(11-18)16-7-9-17(10-8-16)13(19)14(2)5-4-6-15-14/h12,15,18H,3-11H2,1-2H3. The summed E-state index contributed by atoms with van der Waals surface area (Å²) in [6.07, 6.45) is 2.99. The van der Waals surface area contributed by atoms with E-state index < -0.39 is 0 Å². The van der Waals surface area contributed by atoms with Gasteiger partial charge in [-0.3, -0.25) is 9.69 Å². The Kier molecular flexibility index (Phi) is 4.81. The lowest BCUT2D eigenvalue weighted by Gasteiger charge is -2.41. The summed E-state index contributed by atoms with van der Waals surface area (Å²) in [5.41, 5.74) is -0.344. The van der Waals surface area contributed by atoms with E-state index in [1.807, 2.05) is 11.8 Å². The number of piperazine rings is 1. The summed E-state index contributed by atoms with van der Waals surface area (Å²) < 4.78 is 0. The molecule has 0 radical (unpaired) electrons. The molecule has 2 rings (SSSR count). The fraction of sp³-hybridized carbons (Fsp3) is 0.929. The fourth-order valence-corrected chi connectivity index (χ4v) is 3.22. The molecule has 19 heavy (non-hydrogen) atoms. The van der Waals surface area contributed by atoms with Crippen LogP contribution in [0.4, 0.5) is 0 Å². The molecular formula is C14H27N3O2. The second-order valence-corrected chi connectivity index (χ2v) is 5.94. The van der Waals surface area contributed by atoms with E-state index in [1.165, 1.54) is 0 Å². The number of rotatable bonds is 4. The van der Waals surface area contributed by atoms with Crippen molar-refractivity contribution in [3.05, 3.63) is 0 Å². The zero-order valence-electron chi connectivity index (χ0n) is 12.2. The van der Waals surface area contributed by atoms with Gasteiger partial charge in [-0.15, -0.1) is 0 Å². The number of hydrogen-bond donors (Lipinski definition) is 2. The molecular weight excluding hydrogens is 242 g/mol. The van der Waals surface area contributed by atoms with E-state index in [1.54, 1.807) is 0 Å². The zero-order chi connectivity index (χ0) is 13.9. The Labute approximate surface area is 115 Å². The number of carbonyl (C=O) groups is 1. The lowest BCUT2D eigenvalue weighted by atomic mass is 9.98. The lowest BCUT2D eigenvalue weighted by molar-refractivity contribution is -0.139. The van der Waals surface area contributed by atoms with Gasteiger partial charge in [-0.05, 0) is 32.7 Å². The van der Waals surface area contributed by atoms with Crippen LogP contribution in [0.1, 0.15) is 33.1 Å². The van der Waals surface area contributed by atoms with E-state index in [4.69, 9.17) is 0 Å². The highest BCUT2D eigenvalue weighted by Crippen LogP contribution is 2.22. The van der Waals surface area contributed by atoms with E-state index in [2.05, 4.69) is 17.1 Å². The second kappa shape index (κ2) is 6.20. The first-order valence-corrected chi connectivity index (χ1v) is 7.50. The average Bonchev–Trinajstić information content (AvgIpc) is 2.88. The fourth-order valence-electron chi connectivity index (χ4n) is 3.22. The van der Waals surface area contributed by atoms with E-state index >= 15 is 0 Å². The van der Waals surface area contributed by atoms with E-state index in [0.29, 0.717) is 0 Å². The van der Waals surface area contributed by atoms with Crippen molar-refractivity contribution in [3.8, 4) is 0 Å². The summed E-state index contributed by atoms with van der Waals surface area (Å²) in [4.78, 5) is 16.8. The molecule has 0 aromatic rings. The molecule has 0 aromatic heterocycles. The largest absolute Gasteiger partial charge is 0.395 e. The summed E-state index contributed by atoms with van der Waals surface area (Å²) in [7, 11) is 0. The third kappa shape index (κ3) is 3.09. The van der Waals surface area contributed by atoms with Gasteiger partial charge in [-0.2, -0.15) is 0 Å². The minimum Gasteiger partial charge on any atom is -0.395 e. The number of hydrogen-bond acceptors (Lipinski definition) is 4. The molecule has 0 bridgehead atoms. The first kappa shape index (κ1) is 14.8. The van der Waals surface area contributed by atoms with Crippen molar-refractivity contribution in [3.63, 3.8) is 0 Å². The zero-order valence-corrected chi connectivity index (χ0v) is 12.2. The van der Waals surface area contributed by atoms with Gasteiger partial charge in [0.25, 0.3) is 0 Å². The summed E-state index contributed by atoms with van der Waals surface area (Å²) >= 11 is 0. The molecule has 5 nitrogen and oxygen atoms in total. The smallest absolute Gasteiger partial charge is 0.242 e. The normalized spacial score (nSPS) is 30.6. The number of nitrogens with one attached hydrogen (secondary N) is 1. The Morgan fingerprint density at radius 1 is 1.37 bits per heavy atom.